The summed E-state index contributed by atoms with van der Waals surface area (Å²) in [4.78, 5) is 0. The highest BCUT2D eigenvalue weighted by atomic mass is 19.1. The Balaban J connectivity index is 2.73. The Bertz CT molecular complexity index is 477. The van der Waals surface area contributed by atoms with Gasteiger partial charge in [-0.2, -0.15) is 0 Å². The quantitative estimate of drug-likeness (QED) is 0.516. The summed E-state index contributed by atoms with van der Waals surface area (Å²) in [6, 6.07) is 4.57. The van der Waals surface area contributed by atoms with Crippen molar-refractivity contribution in [2.45, 2.75) is 38.9 Å². The molecule has 0 atom stereocenters. The van der Waals surface area contributed by atoms with Crippen molar-refractivity contribution in [1.82, 2.24) is 0 Å². The van der Waals surface area contributed by atoms with E-state index in [0.29, 0.717) is 24.4 Å². The standard InChI is InChI=1S/C16H26BFO4/c1-15(2,20-6)16(3,4)22-17-12-9-13(18)11-14(10-12)21-8-7-19-5/h9-11,17H,7-8H2,1-6H3. The maximum absolute atomic E-state index is 13.7. The number of hydrogen-bond donors (Lipinski definition) is 0. The molecule has 0 bridgehead atoms. The van der Waals surface area contributed by atoms with Crippen LogP contribution in [-0.4, -0.2) is 46.1 Å². The lowest BCUT2D eigenvalue weighted by atomic mass is 9.82. The van der Waals surface area contributed by atoms with Crippen molar-refractivity contribution in [2.24, 2.45) is 0 Å². The summed E-state index contributed by atoms with van der Waals surface area (Å²) in [5.41, 5.74) is -0.268. The summed E-state index contributed by atoms with van der Waals surface area (Å²) >= 11 is 0. The summed E-state index contributed by atoms with van der Waals surface area (Å²) in [6.45, 7) is 8.65. The Labute approximate surface area is 133 Å². The minimum Gasteiger partial charge on any atom is -0.491 e. The Kier molecular flexibility index (Phi) is 6.84. The van der Waals surface area contributed by atoms with Gasteiger partial charge in [-0.3, -0.25) is 0 Å². The van der Waals surface area contributed by atoms with E-state index in [1.54, 1.807) is 20.3 Å². The van der Waals surface area contributed by atoms with E-state index in [-0.39, 0.29) is 13.3 Å². The monoisotopic (exact) mass is 312 g/mol. The molecule has 0 aromatic heterocycles. The summed E-state index contributed by atoms with van der Waals surface area (Å²) in [5, 5.41) is 0. The van der Waals surface area contributed by atoms with Crippen LogP contribution < -0.4 is 10.2 Å². The summed E-state index contributed by atoms with van der Waals surface area (Å²) < 4.78 is 35.4. The third-order valence-corrected chi connectivity index (χ3v) is 4.05. The van der Waals surface area contributed by atoms with E-state index in [4.69, 9.17) is 18.9 Å². The number of hydrogen-bond acceptors (Lipinski definition) is 4. The maximum Gasteiger partial charge on any atom is 0.309 e. The van der Waals surface area contributed by atoms with Gasteiger partial charge in [-0.15, -0.1) is 0 Å². The van der Waals surface area contributed by atoms with Crippen LogP contribution in [0, 0.1) is 5.82 Å². The van der Waals surface area contributed by atoms with Gasteiger partial charge < -0.3 is 18.9 Å². The summed E-state index contributed by atoms with van der Waals surface area (Å²) in [5.74, 6) is 0.122. The average molecular weight is 312 g/mol. The zero-order valence-electron chi connectivity index (χ0n) is 14.4. The first-order valence-electron chi connectivity index (χ1n) is 7.32. The lowest BCUT2D eigenvalue weighted by molar-refractivity contribution is -0.114. The molecule has 0 aliphatic rings. The molecule has 1 aromatic carbocycles. The van der Waals surface area contributed by atoms with Crippen molar-refractivity contribution < 1.29 is 23.3 Å². The first kappa shape index (κ1) is 18.9. The number of benzene rings is 1. The first-order chi connectivity index (χ1) is 10.2. The van der Waals surface area contributed by atoms with E-state index in [0.717, 1.165) is 0 Å². The number of rotatable bonds is 9. The fourth-order valence-electron chi connectivity index (χ4n) is 1.71. The second-order valence-corrected chi connectivity index (χ2v) is 6.15. The zero-order chi connectivity index (χ0) is 16.8. The van der Waals surface area contributed by atoms with Crippen LogP contribution in [0.2, 0.25) is 0 Å². The molecular weight excluding hydrogens is 286 g/mol. The topological polar surface area (TPSA) is 36.9 Å². The number of ether oxygens (including phenoxy) is 3. The molecule has 0 heterocycles. The SMILES string of the molecule is COCCOc1cc(F)cc(BOC(C)(C)C(C)(C)OC)c1. The average Bonchev–Trinajstić information content (AvgIpc) is 2.45. The molecule has 0 saturated heterocycles. The highest BCUT2D eigenvalue weighted by Crippen LogP contribution is 2.27. The molecule has 0 spiro atoms. The Morgan fingerprint density at radius 1 is 1.00 bits per heavy atom. The van der Waals surface area contributed by atoms with Crippen LogP contribution >= 0.6 is 0 Å². The molecule has 1 aromatic rings. The van der Waals surface area contributed by atoms with Crippen molar-refractivity contribution in [3.05, 3.63) is 24.0 Å². The minimum absolute atomic E-state index is 0.276. The first-order valence-corrected chi connectivity index (χ1v) is 7.32. The molecule has 0 radical (unpaired) electrons. The van der Waals surface area contributed by atoms with Gasteiger partial charge in [-0.1, -0.05) is 0 Å². The van der Waals surface area contributed by atoms with Gasteiger partial charge in [-0.25, -0.2) is 4.39 Å². The summed E-state index contributed by atoms with van der Waals surface area (Å²) in [6.07, 6.45) is 0. The van der Waals surface area contributed by atoms with Crippen LogP contribution in [-0.2, 0) is 14.1 Å². The molecular formula is C16H26BFO4. The lowest BCUT2D eigenvalue weighted by Crippen LogP contribution is -2.50. The Hall–Kier alpha value is -1.11. The normalized spacial score (nSPS) is 12.3. The molecule has 0 amide bonds. The fraction of sp³-hybridized carbons (Fsp3) is 0.625. The molecule has 0 aliphatic carbocycles. The van der Waals surface area contributed by atoms with E-state index in [9.17, 15) is 4.39 Å². The van der Waals surface area contributed by atoms with E-state index < -0.39 is 11.2 Å². The van der Waals surface area contributed by atoms with Gasteiger partial charge in [0.05, 0.1) is 17.8 Å². The third kappa shape index (κ3) is 5.27. The summed E-state index contributed by atoms with van der Waals surface area (Å²) in [7, 11) is 3.51. The molecule has 1 rings (SSSR count). The van der Waals surface area contributed by atoms with Gasteiger partial charge in [0, 0.05) is 20.3 Å². The smallest absolute Gasteiger partial charge is 0.309 e. The molecule has 0 aliphatic heterocycles. The van der Waals surface area contributed by atoms with Crippen LogP contribution in [0.1, 0.15) is 27.7 Å². The molecule has 0 saturated carbocycles. The second-order valence-electron chi connectivity index (χ2n) is 6.15. The van der Waals surface area contributed by atoms with Gasteiger partial charge >= 0.3 is 7.48 Å². The van der Waals surface area contributed by atoms with Crippen LogP contribution in [0.25, 0.3) is 0 Å². The molecule has 0 fully saturated rings. The molecule has 4 nitrogen and oxygen atoms in total. The van der Waals surface area contributed by atoms with Crippen molar-refractivity contribution in [3.8, 4) is 5.75 Å². The van der Waals surface area contributed by atoms with Gasteiger partial charge in [0.1, 0.15) is 18.2 Å². The number of methoxy groups -OCH3 is 2. The third-order valence-electron chi connectivity index (χ3n) is 4.05. The van der Waals surface area contributed by atoms with E-state index >= 15 is 0 Å². The largest absolute Gasteiger partial charge is 0.491 e. The zero-order valence-corrected chi connectivity index (χ0v) is 14.4. The van der Waals surface area contributed by atoms with Crippen molar-refractivity contribution in [1.29, 1.82) is 0 Å². The van der Waals surface area contributed by atoms with E-state index in [1.165, 1.54) is 12.1 Å². The van der Waals surface area contributed by atoms with E-state index in [1.807, 2.05) is 27.7 Å². The van der Waals surface area contributed by atoms with Crippen molar-refractivity contribution in [3.63, 3.8) is 0 Å². The molecule has 124 valence electrons. The molecule has 0 unspecified atom stereocenters. The van der Waals surface area contributed by atoms with Gasteiger partial charge in [0.25, 0.3) is 0 Å². The highest BCUT2D eigenvalue weighted by Gasteiger charge is 2.37. The lowest BCUT2D eigenvalue weighted by Gasteiger charge is -2.40. The van der Waals surface area contributed by atoms with Crippen LogP contribution in [0.15, 0.2) is 18.2 Å². The van der Waals surface area contributed by atoms with Crippen LogP contribution in [0.5, 0.6) is 5.75 Å². The maximum atomic E-state index is 13.7. The predicted octanol–water partition coefficient (Wildman–Crippen LogP) is 2.05. The Morgan fingerprint density at radius 2 is 1.68 bits per heavy atom. The van der Waals surface area contributed by atoms with Gasteiger partial charge in [0.2, 0.25) is 0 Å². The molecule has 6 heteroatoms. The predicted molar refractivity (Wildman–Crippen MR) is 86.8 cm³/mol. The van der Waals surface area contributed by atoms with Crippen molar-refractivity contribution >= 4 is 12.9 Å². The minimum atomic E-state index is -0.523. The van der Waals surface area contributed by atoms with E-state index in [2.05, 4.69) is 0 Å². The molecule has 0 N–H and O–H groups in total. The number of halogens is 1. The molecule has 22 heavy (non-hydrogen) atoms. The second kappa shape index (κ2) is 7.95. The van der Waals surface area contributed by atoms with Gasteiger partial charge in [0.15, 0.2) is 0 Å². The fourth-order valence-corrected chi connectivity index (χ4v) is 1.71. The van der Waals surface area contributed by atoms with Gasteiger partial charge in [-0.05, 0) is 45.3 Å². The van der Waals surface area contributed by atoms with Crippen LogP contribution in [0.3, 0.4) is 0 Å². The van der Waals surface area contributed by atoms with Crippen LogP contribution in [0.4, 0.5) is 4.39 Å². The Morgan fingerprint density at radius 3 is 2.27 bits per heavy atom. The van der Waals surface area contributed by atoms with Crippen molar-refractivity contribution in [2.75, 3.05) is 27.4 Å². The highest BCUT2D eigenvalue weighted by molar-refractivity contribution is 6.47.